The van der Waals surface area contributed by atoms with Gasteiger partial charge in [-0.25, -0.2) is 9.59 Å². The first-order chi connectivity index (χ1) is 14.4. The van der Waals surface area contributed by atoms with E-state index < -0.39 is 30.5 Å². The summed E-state index contributed by atoms with van der Waals surface area (Å²) in [5.41, 5.74) is 4.31. The molecule has 0 saturated carbocycles. The molecule has 2 aromatic carbocycles. The van der Waals surface area contributed by atoms with Gasteiger partial charge in [0, 0.05) is 13.0 Å². The number of fused-ring (bicyclic) bond motifs is 3. The van der Waals surface area contributed by atoms with E-state index in [2.05, 4.69) is 6.58 Å². The summed E-state index contributed by atoms with van der Waals surface area (Å²) >= 11 is 0. The molecule has 1 aliphatic carbocycles. The van der Waals surface area contributed by atoms with Crippen molar-refractivity contribution in [3.8, 4) is 11.1 Å². The Morgan fingerprint density at radius 1 is 1.07 bits per heavy atom. The minimum absolute atomic E-state index is 0.0682. The highest BCUT2D eigenvalue weighted by Gasteiger charge is 2.33. The van der Waals surface area contributed by atoms with E-state index in [0.29, 0.717) is 0 Å². The van der Waals surface area contributed by atoms with Gasteiger partial charge in [-0.15, -0.1) is 0 Å². The van der Waals surface area contributed by atoms with Crippen LogP contribution in [0.25, 0.3) is 11.1 Å². The van der Waals surface area contributed by atoms with E-state index in [1.165, 1.54) is 13.1 Å². The molecule has 0 unspecified atom stereocenters. The third kappa shape index (κ3) is 4.35. The third-order valence-electron chi connectivity index (χ3n) is 5.08. The fourth-order valence-corrected chi connectivity index (χ4v) is 3.60. The van der Waals surface area contributed by atoms with Gasteiger partial charge < -0.3 is 14.6 Å². The van der Waals surface area contributed by atoms with Gasteiger partial charge in [0.25, 0.3) is 0 Å². The van der Waals surface area contributed by atoms with Crippen molar-refractivity contribution in [2.75, 3.05) is 20.3 Å². The zero-order chi connectivity index (χ0) is 21.7. The largest absolute Gasteiger partial charge is 0.481 e. The van der Waals surface area contributed by atoms with Crippen molar-refractivity contribution in [3.63, 3.8) is 0 Å². The predicted octanol–water partition coefficient (Wildman–Crippen LogP) is 3.44. The van der Waals surface area contributed by atoms with E-state index in [1.807, 2.05) is 48.5 Å². The molecule has 1 amide bonds. The first kappa shape index (κ1) is 21.1. The second kappa shape index (κ2) is 9.26. The number of ether oxygens (including phenoxy) is 2. The summed E-state index contributed by atoms with van der Waals surface area (Å²) in [6.45, 7) is 3.44. The number of esters is 1. The minimum atomic E-state index is -1.29. The fourth-order valence-electron chi connectivity index (χ4n) is 3.60. The number of carboxylic acid groups (broad SMARTS) is 1. The molecule has 0 bridgehead atoms. The molecule has 7 heteroatoms. The number of carbonyl (C=O) groups excluding carboxylic acids is 2. The molecule has 2 aromatic rings. The molecule has 0 heterocycles. The molecule has 1 aliphatic rings. The van der Waals surface area contributed by atoms with Crippen LogP contribution in [0.5, 0.6) is 0 Å². The Morgan fingerprint density at radius 2 is 1.63 bits per heavy atom. The first-order valence-electron chi connectivity index (χ1n) is 9.51. The number of likely N-dealkylation sites (N-methyl/N-ethyl adjacent to an activating group) is 1. The van der Waals surface area contributed by atoms with Crippen LogP contribution in [0.15, 0.2) is 61.2 Å². The van der Waals surface area contributed by atoms with Crippen LogP contribution in [0.4, 0.5) is 4.79 Å². The maximum atomic E-state index is 12.6. The maximum absolute atomic E-state index is 12.6. The first-order valence-corrected chi connectivity index (χ1v) is 9.51. The summed E-state index contributed by atoms with van der Waals surface area (Å²) in [6, 6.07) is 14.6. The van der Waals surface area contributed by atoms with Crippen LogP contribution in [0, 0.1) is 0 Å². The number of carboxylic acids is 1. The Kier molecular flexibility index (Phi) is 6.51. The van der Waals surface area contributed by atoms with Gasteiger partial charge in [-0.2, -0.15) is 0 Å². The Bertz CT molecular complexity index is 924. The summed E-state index contributed by atoms with van der Waals surface area (Å²) in [4.78, 5) is 36.9. The molecule has 7 nitrogen and oxygen atoms in total. The van der Waals surface area contributed by atoms with Gasteiger partial charge in [0.05, 0.1) is 6.42 Å². The number of rotatable bonds is 8. The van der Waals surface area contributed by atoms with Crippen molar-refractivity contribution in [1.29, 1.82) is 0 Å². The number of benzene rings is 2. The average molecular weight is 409 g/mol. The topological polar surface area (TPSA) is 93.1 Å². The van der Waals surface area contributed by atoms with Gasteiger partial charge in [-0.1, -0.05) is 61.2 Å². The van der Waals surface area contributed by atoms with Crippen molar-refractivity contribution in [2.24, 2.45) is 0 Å². The number of nitrogens with zero attached hydrogens (tertiary/aromatic N) is 1. The lowest BCUT2D eigenvalue weighted by Gasteiger charge is -2.25. The zero-order valence-electron chi connectivity index (χ0n) is 16.6. The van der Waals surface area contributed by atoms with Crippen LogP contribution in [0.2, 0.25) is 0 Å². The highest BCUT2D eigenvalue weighted by atomic mass is 16.6. The van der Waals surface area contributed by atoms with Crippen LogP contribution in [0.1, 0.15) is 23.5 Å². The smallest absolute Gasteiger partial charge is 0.410 e. The van der Waals surface area contributed by atoms with E-state index in [0.717, 1.165) is 27.2 Å². The third-order valence-corrected chi connectivity index (χ3v) is 5.08. The van der Waals surface area contributed by atoms with Gasteiger partial charge in [0.15, 0.2) is 0 Å². The van der Waals surface area contributed by atoms with Crippen molar-refractivity contribution in [3.05, 3.63) is 72.3 Å². The van der Waals surface area contributed by atoms with Crippen molar-refractivity contribution in [2.45, 2.75) is 18.4 Å². The fraction of sp³-hybridized carbons (Fsp3) is 0.261. The van der Waals surface area contributed by atoms with Crippen LogP contribution in [-0.2, 0) is 19.1 Å². The molecule has 3 rings (SSSR count). The summed E-state index contributed by atoms with van der Waals surface area (Å²) in [6.07, 6.45) is -0.0154. The highest BCUT2D eigenvalue weighted by Crippen LogP contribution is 2.44. The van der Waals surface area contributed by atoms with E-state index >= 15 is 0 Å². The minimum Gasteiger partial charge on any atom is -0.481 e. The highest BCUT2D eigenvalue weighted by molar-refractivity contribution is 5.86. The van der Waals surface area contributed by atoms with Gasteiger partial charge in [-0.05, 0) is 22.3 Å². The normalized spacial score (nSPS) is 13.0. The van der Waals surface area contributed by atoms with E-state index in [9.17, 15) is 14.4 Å². The molecule has 0 aliphatic heterocycles. The molecule has 0 fully saturated rings. The van der Waals surface area contributed by atoms with Gasteiger partial charge in [0.2, 0.25) is 0 Å². The van der Waals surface area contributed by atoms with Crippen LogP contribution >= 0.6 is 0 Å². The number of amides is 1. The lowest BCUT2D eigenvalue weighted by atomic mass is 9.98. The SMILES string of the molecule is C=CCOC(=O)[C@@H](CC(=O)O)N(C)C(=O)OCC1c2ccccc2-c2ccccc21. The summed E-state index contributed by atoms with van der Waals surface area (Å²) in [5.74, 6) is -2.19. The second-order valence-electron chi connectivity index (χ2n) is 6.95. The Morgan fingerprint density at radius 3 is 2.17 bits per heavy atom. The summed E-state index contributed by atoms with van der Waals surface area (Å²) < 4.78 is 10.4. The molecular weight excluding hydrogens is 386 g/mol. The van der Waals surface area contributed by atoms with Gasteiger partial charge in [0.1, 0.15) is 19.3 Å². The average Bonchev–Trinajstić information content (AvgIpc) is 3.07. The zero-order valence-corrected chi connectivity index (χ0v) is 16.6. The van der Waals surface area contributed by atoms with Crippen molar-refractivity contribution in [1.82, 2.24) is 4.90 Å². The number of hydrogen-bond donors (Lipinski definition) is 1. The maximum Gasteiger partial charge on any atom is 0.410 e. The molecule has 0 aromatic heterocycles. The monoisotopic (exact) mass is 409 g/mol. The van der Waals surface area contributed by atoms with Crippen LogP contribution in [-0.4, -0.2) is 54.3 Å². The van der Waals surface area contributed by atoms with Gasteiger partial charge in [-0.3, -0.25) is 9.69 Å². The predicted molar refractivity (Wildman–Crippen MR) is 110 cm³/mol. The van der Waals surface area contributed by atoms with E-state index in [4.69, 9.17) is 14.6 Å². The number of aliphatic carboxylic acids is 1. The molecule has 0 radical (unpaired) electrons. The molecule has 1 atom stereocenters. The molecule has 0 saturated heterocycles. The van der Waals surface area contributed by atoms with Crippen LogP contribution < -0.4 is 0 Å². The molecule has 1 N–H and O–H groups in total. The molecule has 0 spiro atoms. The number of carbonyl (C=O) groups is 3. The van der Waals surface area contributed by atoms with Crippen molar-refractivity contribution >= 4 is 18.0 Å². The van der Waals surface area contributed by atoms with Crippen molar-refractivity contribution < 1.29 is 29.0 Å². The number of hydrogen-bond acceptors (Lipinski definition) is 5. The Hall–Kier alpha value is -3.61. The van der Waals surface area contributed by atoms with Gasteiger partial charge >= 0.3 is 18.0 Å². The summed E-state index contributed by atoms with van der Waals surface area (Å²) in [5, 5.41) is 9.10. The molecule has 30 heavy (non-hydrogen) atoms. The quantitative estimate of drug-likeness (QED) is 0.530. The Labute approximate surface area is 174 Å². The van der Waals surface area contributed by atoms with Crippen LogP contribution in [0.3, 0.4) is 0 Å². The second-order valence-corrected chi connectivity index (χ2v) is 6.95. The lowest BCUT2D eigenvalue weighted by Crippen LogP contribution is -2.45. The standard InChI is InChI=1S/C23H23NO6/c1-3-12-29-22(27)20(13-21(25)26)24(2)23(28)30-14-19-17-10-6-4-8-15(17)16-9-5-7-11-18(16)19/h3-11,19-20H,1,12-14H2,2H3,(H,25,26)/t20-/m1/s1. The summed E-state index contributed by atoms with van der Waals surface area (Å²) in [7, 11) is 1.32. The van der Waals surface area contributed by atoms with E-state index in [1.54, 1.807) is 0 Å². The lowest BCUT2D eigenvalue weighted by molar-refractivity contribution is -0.152. The molecule has 156 valence electrons. The van der Waals surface area contributed by atoms with E-state index in [-0.39, 0.29) is 19.1 Å². The molecular formula is C23H23NO6. The Balaban J connectivity index is 1.73.